The smallest absolute Gasteiger partial charge is 0.0850 e. The van der Waals surface area contributed by atoms with Crippen LogP contribution in [0.2, 0.25) is 0 Å². The molecule has 94 valence electrons. The maximum atomic E-state index is 5.93. The Morgan fingerprint density at radius 3 is 2.88 bits per heavy atom. The highest BCUT2D eigenvalue weighted by Gasteiger charge is 2.32. The SMILES string of the molecule is CCC1CCC(N2CCOC(C(C)N)C2)C1. The normalized spacial score (nSPS) is 38.8. The van der Waals surface area contributed by atoms with Gasteiger partial charge in [0.15, 0.2) is 0 Å². The zero-order valence-electron chi connectivity index (χ0n) is 10.7. The summed E-state index contributed by atoms with van der Waals surface area (Å²) < 4.78 is 5.72. The molecule has 0 spiro atoms. The molecule has 1 aliphatic heterocycles. The van der Waals surface area contributed by atoms with Crippen LogP contribution in [0.15, 0.2) is 0 Å². The van der Waals surface area contributed by atoms with Crippen LogP contribution in [-0.2, 0) is 4.74 Å². The fraction of sp³-hybridized carbons (Fsp3) is 1.00. The predicted molar refractivity (Wildman–Crippen MR) is 66.4 cm³/mol. The predicted octanol–water partition coefficient (Wildman–Crippen LogP) is 1.61. The van der Waals surface area contributed by atoms with E-state index in [1.165, 1.54) is 25.7 Å². The second-order valence-corrected chi connectivity index (χ2v) is 5.50. The Morgan fingerprint density at radius 2 is 2.25 bits per heavy atom. The van der Waals surface area contributed by atoms with Crippen LogP contribution in [0.1, 0.15) is 39.5 Å². The Morgan fingerprint density at radius 1 is 1.44 bits per heavy atom. The van der Waals surface area contributed by atoms with Gasteiger partial charge in [-0.05, 0) is 32.1 Å². The molecule has 3 nitrogen and oxygen atoms in total. The van der Waals surface area contributed by atoms with Gasteiger partial charge in [0, 0.05) is 25.2 Å². The van der Waals surface area contributed by atoms with E-state index in [4.69, 9.17) is 10.5 Å². The van der Waals surface area contributed by atoms with Crippen molar-refractivity contribution in [3.05, 3.63) is 0 Å². The Labute approximate surface area is 99.3 Å². The van der Waals surface area contributed by atoms with Crippen LogP contribution in [0.3, 0.4) is 0 Å². The first-order valence-electron chi connectivity index (χ1n) is 6.82. The number of morpholine rings is 1. The quantitative estimate of drug-likeness (QED) is 0.794. The first-order valence-corrected chi connectivity index (χ1v) is 6.82. The van der Waals surface area contributed by atoms with Gasteiger partial charge in [0.05, 0.1) is 12.7 Å². The Hall–Kier alpha value is -0.120. The molecule has 16 heavy (non-hydrogen) atoms. The van der Waals surface area contributed by atoms with E-state index in [1.54, 1.807) is 0 Å². The molecule has 4 atom stereocenters. The summed E-state index contributed by atoms with van der Waals surface area (Å²) in [4.78, 5) is 2.62. The van der Waals surface area contributed by atoms with Crippen LogP contribution >= 0.6 is 0 Å². The third-order valence-electron chi connectivity index (χ3n) is 4.32. The molecule has 0 aromatic heterocycles. The van der Waals surface area contributed by atoms with Crippen molar-refractivity contribution in [2.75, 3.05) is 19.7 Å². The number of hydrogen-bond acceptors (Lipinski definition) is 3. The summed E-state index contributed by atoms with van der Waals surface area (Å²) >= 11 is 0. The Bertz CT molecular complexity index is 220. The molecule has 1 heterocycles. The number of ether oxygens (including phenoxy) is 1. The van der Waals surface area contributed by atoms with E-state index >= 15 is 0 Å². The van der Waals surface area contributed by atoms with Crippen molar-refractivity contribution in [2.24, 2.45) is 11.7 Å². The summed E-state index contributed by atoms with van der Waals surface area (Å²) in [6.07, 6.45) is 5.78. The molecule has 2 N–H and O–H groups in total. The van der Waals surface area contributed by atoms with Crippen LogP contribution in [-0.4, -0.2) is 42.8 Å². The van der Waals surface area contributed by atoms with Crippen molar-refractivity contribution in [1.29, 1.82) is 0 Å². The van der Waals surface area contributed by atoms with Gasteiger partial charge in [0.2, 0.25) is 0 Å². The van der Waals surface area contributed by atoms with Gasteiger partial charge < -0.3 is 10.5 Å². The molecule has 0 amide bonds. The van der Waals surface area contributed by atoms with Gasteiger partial charge in [-0.15, -0.1) is 0 Å². The third-order valence-corrected chi connectivity index (χ3v) is 4.32. The number of nitrogens with two attached hydrogens (primary N) is 1. The van der Waals surface area contributed by atoms with E-state index in [-0.39, 0.29) is 12.1 Å². The molecule has 0 radical (unpaired) electrons. The molecule has 1 saturated carbocycles. The molecule has 0 aromatic rings. The molecular formula is C13H26N2O. The van der Waals surface area contributed by atoms with Crippen molar-refractivity contribution in [3.8, 4) is 0 Å². The fourth-order valence-electron chi connectivity index (χ4n) is 3.10. The van der Waals surface area contributed by atoms with Gasteiger partial charge in [-0.3, -0.25) is 4.90 Å². The third kappa shape index (κ3) is 2.76. The van der Waals surface area contributed by atoms with Gasteiger partial charge in [-0.25, -0.2) is 0 Å². The lowest BCUT2D eigenvalue weighted by Crippen LogP contribution is -2.52. The van der Waals surface area contributed by atoms with E-state index in [2.05, 4.69) is 18.7 Å². The first-order chi connectivity index (χ1) is 7.70. The van der Waals surface area contributed by atoms with Crippen LogP contribution in [0.25, 0.3) is 0 Å². The number of rotatable bonds is 3. The topological polar surface area (TPSA) is 38.5 Å². The van der Waals surface area contributed by atoms with Crippen LogP contribution in [0.4, 0.5) is 0 Å². The standard InChI is InChI=1S/C13H26N2O/c1-3-11-4-5-12(8-11)15-6-7-16-13(9-15)10(2)14/h10-13H,3-9,14H2,1-2H3. The lowest BCUT2D eigenvalue weighted by molar-refractivity contribution is -0.0511. The maximum Gasteiger partial charge on any atom is 0.0850 e. The van der Waals surface area contributed by atoms with Crippen molar-refractivity contribution < 1.29 is 4.74 Å². The van der Waals surface area contributed by atoms with Crippen LogP contribution in [0.5, 0.6) is 0 Å². The molecule has 2 fully saturated rings. The fourth-order valence-corrected chi connectivity index (χ4v) is 3.10. The monoisotopic (exact) mass is 226 g/mol. The van der Waals surface area contributed by atoms with E-state index in [1.807, 2.05) is 0 Å². The number of nitrogens with zero attached hydrogens (tertiary/aromatic N) is 1. The summed E-state index contributed by atoms with van der Waals surface area (Å²) in [5.41, 5.74) is 5.93. The molecule has 3 heteroatoms. The molecule has 2 aliphatic rings. The van der Waals surface area contributed by atoms with E-state index in [0.29, 0.717) is 0 Å². The second kappa shape index (κ2) is 5.48. The van der Waals surface area contributed by atoms with Crippen molar-refractivity contribution in [3.63, 3.8) is 0 Å². The molecule has 1 aliphatic carbocycles. The molecular weight excluding hydrogens is 200 g/mol. The van der Waals surface area contributed by atoms with E-state index in [9.17, 15) is 0 Å². The van der Waals surface area contributed by atoms with Crippen molar-refractivity contribution in [1.82, 2.24) is 4.90 Å². The lowest BCUT2D eigenvalue weighted by atomic mass is 10.0. The molecule has 2 rings (SSSR count). The first kappa shape index (κ1) is 12.3. The van der Waals surface area contributed by atoms with E-state index < -0.39 is 0 Å². The average Bonchev–Trinajstić information content (AvgIpc) is 2.77. The maximum absolute atomic E-state index is 5.93. The Kier molecular flexibility index (Phi) is 4.22. The van der Waals surface area contributed by atoms with Gasteiger partial charge >= 0.3 is 0 Å². The second-order valence-electron chi connectivity index (χ2n) is 5.50. The van der Waals surface area contributed by atoms with Crippen molar-refractivity contribution in [2.45, 2.75) is 57.7 Å². The molecule has 0 aromatic carbocycles. The molecule has 0 bridgehead atoms. The number of hydrogen-bond donors (Lipinski definition) is 1. The minimum absolute atomic E-state index is 0.158. The van der Waals surface area contributed by atoms with Gasteiger partial charge in [0.25, 0.3) is 0 Å². The molecule has 4 unspecified atom stereocenters. The lowest BCUT2D eigenvalue weighted by Gasteiger charge is -2.38. The molecule has 1 saturated heterocycles. The van der Waals surface area contributed by atoms with Gasteiger partial charge in [0.1, 0.15) is 0 Å². The minimum Gasteiger partial charge on any atom is -0.374 e. The van der Waals surface area contributed by atoms with Gasteiger partial charge in [-0.2, -0.15) is 0 Å². The minimum atomic E-state index is 0.158. The summed E-state index contributed by atoms with van der Waals surface area (Å²) in [7, 11) is 0. The van der Waals surface area contributed by atoms with Crippen LogP contribution in [0, 0.1) is 5.92 Å². The van der Waals surface area contributed by atoms with E-state index in [0.717, 1.165) is 31.7 Å². The van der Waals surface area contributed by atoms with Crippen molar-refractivity contribution >= 4 is 0 Å². The zero-order valence-corrected chi connectivity index (χ0v) is 10.7. The summed E-state index contributed by atoms with van der Waals surface area (Å²) in [6, 6.07) is 0.960. The van der Waals surface area contributed by atoms with Crippen LogP contribution < -0.4 is 5.73 Å². The highest BCUT2D eigenvalue weighted by Crippen LogP contribution is 2.32. The summed E-state index contributed by atoms with van der Waals surface area (Å²) in [5.74, 6) is 0.960. The zero-order chi connectivity index (χ0) is 11.5. The highest BCUT2D eigenvalue weighted by molar-refractivity contribution is 4.87. The Balaban J connectivity index is 1.85. The highest BCUT2D eigenvalue weighted by atomic mass is 16.5. The average molecular weight is 226 g/mol. The van der Waals surface area contributed by atoms with Gasteiger partial charge in [-0.1, -0.05) is 13.3 Å². The summed E-state index contributed by atoms with van der Waals surface area (Å²) in [6.45, 7) is 7.37. The largest absolute Gasteiger partial charge is 0.374 e. The summed E-state index contributed by atoms with van der Waals surface area (Å²) in [5, 5.41) is 0.